The molecule has 0 spiro atoms. The number of benzene rings is 6. The van der Waals surface area contributed by atoms with Gasteiger partial charge in [0.15, 0.2) is 0 Å². The highest BCUT2D eigenvalue weighted by Crippen LogP contribution is 2.43. The molecule has 0 saturated carbocycles. The molecule has 0 aliphatic rings. The predicted octanol–water partition coefficient (Wildman–Crippen LogP) is 12.3. The van der Waals surface area contributed by atoms with Crippen molar-refractivity contribution in [2.24, 2.45) is 0 Å². The van der Waals surface area contributed by atoms with Crippen LogP contribution in [0.4, 0.5) is 0 Å². The van der Waals surface area contributed by atoms with Gasteiger partial charge in [-0.1, -0.05) is 149 Å². The second kappa shape index (κ2) is 12.2. The summed E-state index contributed by atoms with van der Waals surface area (Å²) in [5, 5.41) is 7.77. The molecule has 0 atom stereocenters. The van der Waals surface area contributed by atoms with E-state index in [0.29, 0.717) is 9.40 Å². The van der Waals surface area contributed by atoms with Gasteiger partial charge in [0.1, 0.15) is 0 Å². The van der Waals surface area contributed by atoms with Crippen LogP contribution in [-0.2, 0) is 0 Å². The predicted molar refractivity (Wildman–Crippen MR) is 176 cm³/mol. The maximum atomic E-state index is 6.84. The first-order valence-corrected chi connectivity index (χ1v) is 15.6. The second-order valence-corrected chi connectivity index (χ2v) is 13.5. The van der Waals surface area contributed by atoms with Gasteiger partial charge in [0, 0.05) is 14.7 Å². The molecule has 0 nitrogen and oxygen atoms in total. The van der Waals surface area contributed by atoms with Gasteiger partial charge in [0.25, 0.3) is 0 Å². The van der Waals surface area contributed by atoms with Crippen molar-refractivity contribution in [1.29, 1.82) is 0 Å². The molecule has 6 aromatic carbocycles. The van der Waals surface area contributed by atoms with Crippen molar-refractivity contribution in [2.45, 2.75) is 14.7 Å². The minimum absolute atomic E-state index is 0.520. The normalized spacial score (nSPS) is 12.1. The van der Waals surface area contributed by atoms with Gasteiger partial charge in [-0.25, -0.2) is 0 Å². The molecule has 0 aliphatic heterocycles. The molecule has 5 heteroatoms. The number of hydrogen-bond donors (Lipinski definition) is 0. The van der Waals surface area contributed by atoms with Gasteiger partial charge in [-0.3, -0.25) is 0 Å². The van der Waals surface area contributed by atoms with Crippen LogP contribution in [0, 0.1) is 0 Å². The summed E-state index contributed by atoms with van der Waals surface area (Å²) in [6.45, 7) is 0. The standard InChI is InChI=1S/C34H22Cl2S3/c35-32(34(36)39-31-18-15-25-9-3-6-12-28(25)21-31)22-33(37-29-16-13-23-7-1-4-10-26(23)19-29)38-30-17-14-24-8-2-5-11-27(24)20-30/h1-22H/b34-32-. The SMILES string of the molecule is Cl/C(C=C(Sc1ccc2ccccc2c1)Sc1ccc2ccccc2c1)=C(/Cl)Sc1ccc2ccccc2c1. The third-order valence-corrected chi connectivity index (χ3v) is 10.2. The number of thioether (sulfide) groups is 3. The number of fused-ring (bicyclic) bond motifs is 3. The maximum absolute atomic E-state index is 6.84. The molecule has 0 heterocycles. The van der Waals surface area contributed by atoms with E-state index >= 15 is 0 Å². The van der Waals surface area contributed by atoms with Crippen LogP contribution in [0.2, 0.25) is 0 Å². The maximum Gasteiger partial charge on any atom is 0.0969 e. The smallest absolute Gasteiger partial charge is 0.0827 e. The minimum Gasteiger partial charge on any atom is -0.0827 e. The van der Waals surface area contributed by atoms with E-state index < -0.39 is 0 Å². The number of halogens is 2. The van der Waals surface area contributed by atoms with Crippen LogP contribution in [0.1, 0.15) is 0 Å². The van der Waals surface area contributed by atoms with Crippen LogP contribution in [-0.4, -0.2) is 0 Å². The van der Waals surface area contributed by atoms with E-state index in [2.05, 4.69) is 115 Å². The molecule has 0 radical (unpaired) electrons. The molecule has 39 heavy (non-hydrogen) atoms. The highest BCUT2D eigenvalue weighted by molar-refractivity contribution is 8.22. The summed E-state index contributed by atoms with van der Waals surface area (Å²) in [5.74, 6) is 0. The first kappa shape index (κ1) is 26.4. The highest BCUT2D eigenvalue weighted by Gasteiger charge is 2.10. The Labute approximate surface area is 251 Å². The lowest BCUT2D eigenvalue weighted by molar-refractivity contribution is 1.51. The summed E-state index contributed by atoms with van der Waals surface area (Å²) in [6, 6.07) is 44.5. The van der Waals surface area contributed by atoms with E-state index in [1.165, 1.54) is 44.1 Å². The van der Waals surface area contributed by atoms with Crippen molar-refractivity contribution < 1.29 is 0 Å². The van der Waals surface area contributed by atoms with Crippen LogP contribution < -0.4 is 0 Å². The Hall–Kier alpha value is -2.79. The second-order valence-electron chi connectivity index (χ2n) is 8.92. The lowest BCUT2D eigenvalue weighted by atomic mass is 10.1. The Balaban J connectivity index is 1.32. The Bertz CT molecular complexity index is 1790. The van der Waals surface area contributed by atoms with Crippen LogP contribution in [0.25, 0.3) is 32.3 Å². The molecule has 0 amide bonds. The van der Waals surface area contributed by atoms with Crippen molar-refractivity contribution in [3.05, 3.63) is 147 Å². The summed E-state index contributed by atoms with van der Waals surface area (Å²) < 4.78 is 1.59. The van der Waals surface area contributed by atoms with Crippen LogP contribution >= 0.6 is 58.5 Å². The molecule has 0 N–H and O–H groups in total. The fraction of sp³-hybridized carbons (Fsp3) is 0. The molecule has 0 saturated heterocycles. The van der Waals surface area contributed by atoms with Crippen molar-refractivity contribution in [1.82, 2.24) is 0 Å². The zero-order valence-corrected chi connectivity index (χ0v) is 24.6. The monoisotopic (exact) mass is 596 g/mol. The average Bonchev–Trinajstić information content (AvgIpc) is 2.97. The molecule has 0 unspecified atom stereocenters. The summed E-state index contributed by atoms with van der Waals surface area (Å²) >= 11 is 18.5. The molecule has 6 rings (SSSR count). The highest BCUT2D eigenvalue weighted by atomic mass is 35.5. The topological polar surface area (TPSA) is 0 Å². The van der Waals surface area contributed by atoms with Gasteiger partial charge in [0.2, 0.25) is 0 Å². The fourth-order valence-corrected chi connectivity index (χ4v) is 7.88. The van der Waals surface area contributed by atoms with Gasteiger partial charge in [0.05, 0.1) is 13.6 Å². The number of rotatable bonds is 7. The van der Waals surface area contributed by atoms with Gasteiger partial charge >= 0.3 is 0 Å². The summed E-state index contributed by atoms with van der Waals surface area (Å²) in [7, 11) is 0. The first-order valence-electron chi connectivity index (χ1n) is 12.4. The lowest BCUT2D eigenvalue weighted by Crippen LogP contribution is -1.81. The number of hydrogen-bond acceptors (Lipinski definition) is 3. The third-order valence-electron chi connectivity index (χ3n) is 6.24. The van der Waals surface area contributed by atoms with E-state index in [1.54, 1.807) is 23.5 Å². The van der Waals surface area contributed by atoms with Crippen molar-refractivity contribution in [2.75, 3.05) is 0 Å². The zero-order valence-electron chi connectivity index (χ0n) is 20.7. The fourth-order valence-electron chi connectivity index (χ4n) is 4.32. The zero-order chi connectivity index (χ0) is 26.6. The Morgan fingerprint density at radius 3 is 1.21 bits per heavy atom. The molecule has 190 valence electrons. The average molecular weight is 598 g/mol. The summed E-state index contributed by atoms with van der Waals surface area (Å²) in [5.41, 5.74) is 0. The summed E-state index contributed by atoms with van der Waals surface area (Å²) in [6.07, 6.45) is 1.98. The molecule has 6 aromatic rings. The van der Waals surface area contributed by atoms with Crippen LogP contribution in [0.3, 0.4) is 0 Å². The third kappa shape index (κ3) is 6.51. The van der Waals surface area contributed by atoms with Gasteiger partial charge < -0.3 is 0 Å². The number of allylic oxidation sites excluding steroid dienone is 2. The van der Waals surface area contributed by atoms with E-state index in [9.17, 15) is 0 Å². The lowest BCUT2D eigenvalue weighted by Gasteiger charge is -2.10. The van der Waals surface area contributed by atoms with Crippen LogP contribution in [0.5, 0.6) is 0 Å². The molecule has 0 aliphatic carbocycles. The molecule has 0 bridgehead atoms. The van der Waals surface area contributed by atoms with E-state index in [0.717, 1.165) is 18.9 Å². The molecular weight excluding hydrogens is 575 g/mol. The van der Waals surface area contributed by atoms with E-state index in [4.69, 9.17) is 23.2 Å². The molecular formula is C34H22Cl2S3. The van der Waals surface area contributed by atoms with Crippen molar-refractivity contribution in [3.63, 3.8) is 0 Å². The first-order chi connectivity index (χ1) is 19.1. The van der Waals surface area contributed by atoms with E-state index in [-0.39, 0.29) is 0 Å². The Morgan fingerprint density at radius 1 is 0.436 bits per heavy atom. The van der Waals surface area contributed by atoms with Crippen molar-refractivity contribution >= 4 is 90.8 Å². The van der Waals surface area contributed by atoms with E-state index in [1.807, 2.05) is 18.2 Å². The van der Waals surface area contributed by atoms with Gasteiger partial charge in [-0.05, 0) is 74.8 Å². The Morgan fingerprint density at radius 2 is 0.795 bits per heavy atom. The van der Waals surface area contributed by atoms with Gasteiger partial charge in [-0.15, -0.1) is 0 Å². The van der Waals surface area contributed by atoms with Gasteiger partial charge in [-0.2, -0.15) is 0 Å². The minimum atomic E-state index is 0.520. The largest absolute Gasteiger partial charge is 0.0969 e. The summed E-state index contributed by atoms with van der Waals surface area (Å²) in [4.78, 5) is 3.35. The molecule has 0 aromatic heterocycles. The molecule has 0 fully saturated rings. The van der Waals surface area contributed by atoms with Crippen LogP contribution in [0.15, 0.2) is 162 Å². The van der Waals surface area contributed by atoms with Crippen molar-refractivity contribution in [3.8, 4) is 0 Å². The quantitative estimate of drug-likeness (QED) is 0.133. The Kier molecular flexibility index (Phi) is 8.24.